The van der Waals surface area contributed by atoms with E-state index in [0.717, 1.165) is 5.03 Å². The van der Waals surface area contributed by atoms with Gasteiger partial charge in [0.25, 0.3) is 0 Å². The van der Waals surface area contributed by atoms with Crippen LogP contribution in [0.2, 0.25) is 10.0 Å². The van der Waals surface area contributed by atoms with Crippen LogP contribution in [0.15, 0.2) is 47.6 Å². The van der Waals surface area contributed by atoms with E-state index in [1.165, 1.54) is 16.7 Å². The number of aromatic nitrogens is 1. The normalized spacial score (nSPS) is 10.3. The van der Waals surface area contributed by atoms with E-state index in [4.69, 9.17) is 23.2 Å². The first-order valence-electron chi connectivity index (χ1n) is 6.98. The van der Waals surface area contributed by atoms with Gasteiger partial charge in [0.2, 0.25) is 11.8 Å². The number of benzene rings is 1. The maximum atomic E-state index is 12.1. The van der Waals surface area contributed by atoms with Crippen molar-refractivity contribution < 1.29 is 9.59 Å². The molecule has 1 N–H and O–H groups in total. The fourth-order valence-corrected chi connectivity index (χ4v) is 2.86. The molecule has 2 amide bonds. The van der Waals surface area contributed by atoms with Crippen LogP contribution >= 0.6 is 35.0 Å². The number of hydrogen-bond acceptors (Lipinski definition) is 4. The summed E-state index contributed by atoms with van der Waals surface area (Å²) in [5, 5.41) is 4.20. The quantitative estimate of drug-likeness (QED) is 0.774. The summed E-state index contributed by atoms with van der Waals surface area (Å²) in [5.74, 6) is -0.255. The molecule has 8 heteroatoms. The van der Waals surface area contributed by atoms with Crippen LogP contribution in [0.3, 0.4) is 0 Å². The molecular formula is C16H15Cl2N3O2S. The van der Waals surface area contributed by atoms with Crippen LogP contribution in [0.4, 0.5) is 5.69 Å². The van der Waals surface area contributed by atoms with Crippen LogP contribution in [0.5, 0.6) is 0 Å². The summed E-state index contributed by atoms with van der Waals surface area (Å²) in [6, 6.07) is 10.3. The molecule has 1 aromatic carbocycles. The molecule has 2 rings (SSSR count). The van der Waals surface area contributed by atoms with Gasteiger partial charge in [0.15, 0.2) is 0 Å². The minimum absolute atomic E-state index is 0.0537. The van der Waals surface area contributed by atoms with E-state index in [1.54, 1.807) is 31.4 Å². The first-order chi connectivity index (χ1) is 11.5. The zero-order valence-corrected chi connectivity index (χ0v) is 15.2. The Labute approximate surface area is 154 Å². The van der Waals surface area contributed by atoms with Crippen molar-refractivity contribution in [3.63, 3.8) is 0 Å². The minimum atomic E-state index is -0.313. The number of carbonyl (C=O) groups excluding carboxylic acids is 2. The van der Waals surface area contributed by atoms with E-state index in [-0.39, 0.29) is 24.1 Å². The lowest BCUT2D eigenvalue weighted by Crippen LogP contribution is -2.35. The van der Waals surface area contributed by atoms with Gasteiger partial charge in [0.05, 0.1) is 27.4 Å². The molecular weight excluding hydrogens is 369 g/mol. The van der Waals surface area contributed by atoms with Gasteiger partial charge in [-0.2, -0.15) is 0 Å². The first kappa shape index (κ1) is 18.6. The molecule has 0 saturated carbocycles. The van der Waals surface area contributed by atoms with Gasteiger partial charge in [-0.3, -0.25) is 9.59 Å². The molecule has 0 aliphatic rings. The number of pyridine rings is 1. The van der Waals surface area contributed by atoms with E-state index in [9.17, 15) is 9.59 Å². The third-order valence-corrected chi connectivity index (χ3v) is 4.66. The molecule has 1 heterocycles. The summed E-state index contributed by atoms with van der Waals surface area (Å²) >= 11 is 13.0. The Kier molecular flexibility index (Phi) is 6.90. The maximum absolute atomic E-state index is 12.1. The van der Waals surface area contributed by atoms with Gasteiger partial charge >= 0.3 is 0 Å². The van der Waals surface area contributed by atoms with Gasteiger partial charge in [0.1, 0.15) is 0 Å². The fourth-order valence-electron chi connectivity index (χ4n) is 1.76. The van der Waals surface area contributed by atoms with Crippen molar-refractivity contribution in [3.8, 4) is 0 Å². The van der Waals surface area contributed by atoms with E-state index >= 15 is 0 Å². The molecule has 0 bridgehead atoms. The van der Waals surface area contributed by atoms with E-state index in [0.29, 0.717) is 15.7 Å². The zero-order valence-electron chi connectivity index (χ0n) is 12.8. The molecule has 1 aromatic heterocycles. The van der Waals surface area contributed by atoms with Crippen LogP contribution in [0, 0.1) is 0 Å². The van der Waals surface area contributed by atoms with Crippen LogP contribution in [-0.4, -0.2) is 41.0 Å². The average molecular weight is 384 g/mol. The molecule has 126 valence electrons. The number of likely N-dealkylation sites (N-methyl/N-ethyl adjacent to an activating group) is 1. The summed E-state index contributed by atoms with van der Waals surface area (Å²) in [6.07, 6.45) is 1.67. The predicted molar refractivity (Wildman–Crippen MR) is 97.7 cm³/mol. The van der Waals surface area contributed by atoms with Crippen LogP contribution < -0.4 is 5.32 Å². The number of anilines is 1. The lowest BCUT2D eigenvalue weighted by atomic mass is 10.3. The van der Waals surface area contributed by atoms with E-state index in [1.807, 2.05) is 18.2 Å². The second-order valence-corrected chi connectivity index (χ2v) is 6.69. The number of nitrogens with zero attached hydrogens (tertiary/aromatic N) is 2. The van der Waals surface area contributed by atoms with Gasteiger partial charge in [-0.15, -0.1) is 0 Å². The van der Waals surface area contributed by atoms with Crippen LogP contribution in [0.25, 0.3) is 0 Å². The monoisotopic (exact) mass is 383 g/mol. The summed E-state index contributed by atoms with van der Waals surface area (Å²) in [6.45, 7) is -0.0537. The molecule has 24 heavy (non-hydrogen) atoms. The topological polar surface area (TPSA) is 62.3 Å². The Bertz CT molecular complexity index is 729. The van der Waals surface area contributed by atoms with E-state index < -0.39 is 0 Å². The first-order valence-corrected chi connectivity index (χ1v) is 8.72. The Hall–Kier alpha value is -1.76. The van der Waals surface area contributed by atoms with Crippen molar-refractivity contribution >= 4 is 52.5 Å². The van der Waals surface area contributed by atoms with Crippen molar-refractivity contribution in [2.45, 2.75) is 5.03 Å². The van der Waals surface area contributed by atoms with Crippen LogP contribution in [-0.2, 0) is 9.59 Å². The smallest absolute Gasteiger partial charge is 0.243 e. The Morgan fingerprint density at radius 1 is 1.21 bits per heavy atom. The summed E-state index contributed by atoms with van der Waals surface area (Å²) < 4.78 is 0. The molecule has 0 radical (unpaired) electrons. The summed E-state index contributed by atoms with van der Waals surface area (Å²) in [4.78, 5) is 29.6. The predicted octanol–water partition coefficient (Wildman–Crippen LogP) is 3.58. The van der Waals surface area contributed by atoms with E-state index in [2.05, 4.69) is 10.3 Å². The standard InChI is InChI=1S/C16H15Cl2N3O2S/c1-21(16(23)10-24-15-4-2-3-7-19-15)9-14(22)20-11-5-6-12(17)13(18)8-11/h2-8H,9-10H2,1H3,(H,20,22). The highest BCUT2D eigenvalue weighted by Gasteiger charge is 2.14. The maximum Gasteiger partial charge on any atom is 0.243 e. The highest BCUT2D eigenvalue weighted by molar-refractivity contribution is 7.99. The molecule has 0 spiro atoms. The Balaban J connectivity index is 1.81. The number of rotatable bonds is 6. The minimum Gasteiger partial charge on any atom is -0.336 e. The number of halogens is 2. The molecule has 5 nitrogen and oxygen atoms in total. The lowest BCUT2D eigenvalue weighted by Gasteiger charge is -2.16. The molecule has 0 saturated heterocycles. The molecule has 0 unspecified atom stereocenters. The van der Waals surface area contributed by atoms with Gasteiger partial charge in [-0.25, -0.2) is 4.98 Å². The van der Waals surface area contributed by atoms with Crippen molar-refractivity contribution in [1.29, 1.82) is 0 Å². The highest BCUT2D eigenvalue weighted by Crippen LogP contribution is 2.24. The fraction of sp³-hybridized carbons (Fsp3) is 0.188. The van der Waals surface area contributed by atoms with Crippen molar-refractivity contribution in [2.75, 3.05) is 24.7 Å². The van der Waals surface area contributed by atoms with Crippen molar-refractivity contribution in [3.05, 3.63) is 52.6 Å². The Morgan fingerprint density at radius 3 is 2.67 bits per heavy atom. The van der Waals surface area contributed by atoms with Gasteiger partial charge in [0, 0.05) is 18.9 Å². The number of amides is 2. The van der Waals surface area contributed by atoms with Crippen molar-refractivity contribution in [2.24, 2.45) is 0 Å². The number of carbonyl (C=O) groups is 2. The molecule has 0 aliphatic heterocycles. The third kappa shape index (κ3) is 5.70. The van der Waals surface area contributed by atoms with Crippen LogP contribution in [0.1, 0.15) is 0 Å². The Morgan fingerprint density at radius 2 is 2.00 bits per heavy atom. The van der Waals surface area contributed by atoms with Gasteiger partial charge in [-0.05, 0) is 30.3 Å². The summed E-state index contributed by atoms with van der Waals surface area (Å²) in [5.41, 5.74) is 0.526. The second-order valence-electron chi connectivity index (χ2n) is 4.88. The van der Waals surface area contributed by atoms with Crippen molar-refractivity contribution in [1.82, 2.24) is 9.88 Å². The molecule has 0 fully saturated rings. The largest absolute Gasteiger partial charge is 0.336 e. The summed E-state index contributed by atoms with van der Waals surface area (Å²) in [7, 11) is 1.58. The highest BCUT2D eigenvalue weighted by atomic mass is 35.5. The third-order valence-electron chi connectivity index (χ3n) is 2.99. The number of thioether (sulfide) groups is 1. The molecule has 2 aromatic rings. The van der Waals surface area contributed by atoms with Gasteiger partial charge in [-0.1, -0.05) is 41.0 Å². The molecule has 0 aliphatic carbocycles. The zero-order chi connectivity index (χ0) is 17.5. The van der Waals surface area contributed by atoms with Gasteiger partial charge < -0.3 is 10.2 Å². The lowest BCUT2D eigenvalue weighted by molar-refractivity contribution is -0.131. The SMILES string of the molecule is CN(CC(=O)Nc1ccc(Cl)c(Cl)c1)C(=O)CSc1ccccn1. The number of nitrogens with one attached hydrogen (secondary N) is 1. The molecule has 0 atom stereocenters. The second kappa shape index (κ2) is 8.92. The average Bonchev–Trinajstić information content (AvgIpc) is 2.56. The number of hydrogen-bond donors (Lipinski definition) is 1.